The van der Waals surface area contributed by atoms with E-state index in [9.17, 15) is 4.79 Å². The van der Waals surface area contributed by atoms with Crippen LogP contribution >= 0.6 is 11.6 Å². The zero-order valence-corrected chi connectivity index (χ0v) is 14.6. The first-order valence-electron chi connectivity index (χ1n) is 7.08. The van der Waals surface area contributed by atoms with Crippen molar-refractivity contribution in [3.8, 4) is 0 Å². The van der Waals surface area contributed by atoms with Crippen LogP contribution in [0.25, 0.3) is 0 Å². The number of carbonyl (C=O) groups is 1. The normalized spacial score (nSPS) is 22.7. The topological polar surface area (TPSA) is 26.3 Å². The fourth-order valence-electron chi connectivity index (χ4n) is 2.40. The second kappa shape index (κ2) is 5.28. The maximum absolute atomic E-state index is 11.4. The molecule has 0 aliphatic heterocycles. The highest BCUT2D eigenvalue weighted by atomic mass is 35.5. The average molecular weight is 311 g/mol. The fraction of sp³-hybridized carbons (Fsp3) is 0.562. The van der Waals surface area contributed by atoms with Crippen molar-refractivity contribution in [2.45, 2.75) is 51.4 Å². The van der Waals surface area contributed by atoms with E-state index in [1.807, 2.05) is 18.2 Å². The molecular weight excluding hydrogens is 288 g/mol. The third-order valence-electron chi connectivity index (χ3n) is 4.69. The molecule has 1 aromatic rings. The third-order valence-corrected chi connectivity index (χ3v) is 9.50. The van der Waals surface area contributed by atoms with E-state index in [2.05, 4.69) is 33.9 Å². The van der Waals surface area contributed by atoms with Gasteiger partial charge in [-0.3, -0.25) is 0 Å². The molecule has 2 atom stereocenters. The minimum absolute atomic E-state index is 0.112. The van der Waals surface area contributed by atoms with Crippen LogP contribution in [0.4, 0.5) is 0 Å². The van der Waals surface area contributed by atoms with E-state index < -0.39 is 8.32 Å². The van der Waals surface area contributed by atoms with Crippen LogP contribution in [0.3, 0.4) is 0 Å². The highest BCUT2D eigenvalue weighted by Crippen LogP contribution is 2.46. The first kappa shape index (κ1) is 15.7. The minimum atomic E-state index is -1.92. The molecule has 0 aromatic heterocycles. The van der Waals surface area contributed by atoms with Crippen LogP contribution in [0.5, 0.6) is 0 Å². The lowest BCUT2D eigenvalue weighted by atomic mass is 10.1. The van der Waals surface area contributed by atoms with Gasteiger partial charge in [-0.25, -0.2) is 0 Å². The van der Waals surface area contributed by atoms with Crippen LogP contribution in [-0.2, 0) is 15.6 Å². The van der Waals surface area contributed by atoms with Crippen molar-refractivity contribution in [2.75, 3.05) is 0 Å². The average Bonchev–Trinajstić information content (AvgIpc) is 2.67. The van der Waals surface area contributed by atoms with Gasteiger partial charge in [-0.1, -0.05) is 44.5 Å². The molecule has 4 heteroatoms. The first-order valence-corrected chi connectivity index (χ1v) is 10.4. The zero-order valence-electron chi connectivity index (χ0n) is 12.9. The summed E-state index contributed by atoms with van der Waals surface area (Å²) in [4.78, 5) is 11.4. The Morgan fingerprint density at radius 1 is 1.35 bits per heavy atom. The van der Waals surface area contributed by atoms with Crippen LogP contribution in [0.1, 0.15) is 38.0 Å². The number of aldehydes is 1. The molecule has 0 amide bonds. The molecule has 1 aromatic carbocycles. The highest BCUT2D eigenvalue weighted by Gasteiger charge is 2.43. The lowest BCUT2D eigenvalue weighted by Crippen LogP contribution is -2.42. The summed E-state index contributed by atoms with van der Waals surface area (Å²) in [5.74, 6) is -0.112. The molecule has 0 radical (unpaired) electrons. The monoisotopic (exact) mass is 310 g/mol. The highest BCUT2D eigenvalue weighted by molar-refractivity contribution is 6.74. The van der Waals surface area contributed by atoms with Gasteiger partial charge in [-0.05, 0) is 41.7 Å². The maximum Gasteiger partial charge on any atom is 0.192 e. The molecule has 0 saturated heterocycles. The standard InChI is InChI=1S/C16H23ClO2Si/c1-16(2,3)20(4,5)19-15-11(10-18)9-13-12(15)7-6-8-14(13)17/h6-8,10-11,15H,9H2,1-5H3/t11-,15-/m0/s1. The molecule has 110 valence electrons. The van der Waals surface area contributed by atoms with Crippen molar-refractivity contribution in [1.82, 2.24) is 0 Å². The van der Waals surface area contributed by atoms with Gasteiger partial charge in [-0.2, -0.15) is 0 Å². The van der Waals surface area contributed by atoms with Gasteiger partial charge in [0.15, 0.2) is 8.32 Å². The lowest BCUT2D eigenvalue weighted by Gasteiger charge is -2.39. The van der Waals surface area contributed by atoms with Crippen molar-refractivity contribution < 1.29 is 9.22 Å². The Labute approximate surface area is 127 Å². The Morgan fingerprint density at radius 2 is 2.00 bits per heavy atom. The fourth-order valence-corrected chi connectivity index (χ4v) is 3.94. The summed E-state index contributed by atoms with van der Waals surface area (Å²) >= 11 is 6.26. The van der Waals surface area contributed by atoms with Crippen LogP contribution < -0.4 is 0 Å². The van der Waals surface area contributed by atoms with E-state index in [0.717, 1.165) is 22.4 Å². The smallest absolute Gasteiger partial charge is 0.192 e. The van der Waals surface area contributed by atoms with Crippen molar-refractivity contribution >= 4 is 26.2 Å². The Hall–Kier alpha value is -0.643. The lowest BCUT2D eigenvalue weighted by molar-refractivity contribution is -0.113. The minimum Gasteiger partial charge on any atom is -0.409 e. The summed E-state index contributed by atoms with van der Waals surface area (Å²) in [5.41, 5.74) is 2.18. The quantitative estimate of drug-likeness (QED) is 0.593. The largest absolute Gasteiger partial charge is 0.409 e. The summed E-state index contributed by atoms with van der Waals surface area (Å²) in [6.07, 6.45) is 1.58. The number of benzene rings is 1. The van der Waals surface area contributed by atoms with Crippen molar-refractivity contribution in [2.24, 2.45) is 5.92 Å². The molecule has 0 spiro atoms. The van der Waals surface area contributed by atoms with E-state index in [4.69, 9.17) is 16.0 Å². The SMILES string of the molecule is CC(C)(C)[Si](C)(C)O[C@@H]1c2cccc(Cl)c2C[C@H]1C=O. The molecular formula is C16H23ClO2Si. The molecule has 1 aliphatic rings. The van der Waals surface area contributed by atoms with E-state index in [1.54, 1.807) is 0 Å². The Kier molecular flexibility index (Phi) is 4.16. The van der Waals surface area contributed by atoms with Gasteiger partial charge >= 0.3 is 0 Å². The van der Waals surface area contributed by atoms with Crippen molar-refractivity contribution in [1.29, 1.82) is 0 Å². The Balaban J connectivity index is 2.37. The number of carbonyl (C=O) groups excluding carboxylic acids is 1. The van der Waals surface area contributed by atoms with Crippen LogP contribution in [0.15, 0.2) is 18.2 Å². The summed E-state index contributed by atoms with van der Waals surface area (Å²) < 4.78 is 6.50. The number of fused-ring (bicyclic) bond motifs is 1. The molecule has 2 nitrogen and oxygen atoms in total. The first-order chi connectivity index (χ1) is 9.17. The molecule has 1 aliphatic carbocycles. The molecule has 0 unspecified atom stereocenters. The summed E-state index contributed by atoms with van der Waals surface area (Å²) in [6, 6.07) is 5.87. The number of hydrogen-bond acceptors (Lipinski definition) is 2. The Bertz CT molecular complexity index is 520. The van der Waals surface area contributed by atoms with E-state index in [-0.39, 0.29) is 17.1 Å². The molecule has 0 heterocycles. The molecule has 20 heavy (non-hydrogen) atoms. The molecule has 0 N–H and O–H groups in total. The predicted molar refractivity (Wildman–Crippen MR) is 85.7 cm³/mol. The van der Waals surface area contributed by atoms with Gasteiger partial charge < -0.3 is 9.22 Å². The number of hydrogen-bond donors (Lipinski definition) is 0. The molecule has 0 bridgehead atoms. The van der Waals surface area contributed by atoms with E-state index in [0.29, 0.717) is 6.42 Å². The van der Waals surface area contributed by atoms with Gasteiger partial charge in [0.1, 0.15) is 6.29 Å². The van der Waals surface area contributed by atoms with Gasteiger partial charge in [0.25, 0.3) is 0 Å². The maximum atomic E-state index is 11.4. The zero-order chi connectivity index (χ0) is 15.1. The summed E-state index contributed by atoms with van der Waals surface area (Å²) in [7, 11) is -1.92. The molecule has 0 saturated carbocycles. The number of halogens is 1. The van der Waals surface area contributed by atoms with Crippen LogP contribution in [0.2, 0.25) is 23.2 Å². The van der Waals surface area contributed by atoms with Crippen LogP contribution in [0, 0.1) is 5.92 Å². The predicted octanol–water partition coefficient (Wildman–Crippen LogP) is 4.77. The third kappa shape index (κ3) is 2.72. The molecule has 2 rings (SSSR count). The van der Waals surface area contributed by atoms with Gasteiger partial charge in [0.05, 0.1) is 6.10 Å². The second-order valence-electron chi connectivity index (χ2n) is 7.11. The van der Waals surface area contributed by atoms with E-state index in [1.165, 1.54) is 0 Å². The summed E-state index contributed by atoms with van der Waals surface area (Å²) in [5, 5.41) is 0.873. The van der Waals surface area contributed by atoms with Gasteiger partial charge in [-0.15, -0.1) is 0 Å². The second-order valence-corrected chi connectivity index (χ2v) is 12.3. The van der Waals surface area contributed by atoms with Crippen molar-refractivity contribution in [3.05, 3.63) is 34.3 Å². The van der Waals surface area contributed by atoms with Crippen molar-refractivity contribution in [3.63, 3.8) is 0 Å². The summed E-state index contributed by atoms with van der Waals surface area (Å²) in [6.45, 7) is 11.1. The van der Waals surface area contributed by atoms with Gasteiger partial charge in [0.2, 0.25) is 0 Å². The van der Waals surface area contributed by atoms with E-state index >= 15 is 0 Å². The van der Waals surface area contributed by atoms with Crippen LogP contribution in [-0.4, -0.2) is 14.6 Å². The van der Waals surface area contributed by atoms with Gasteiger partial charge in [0, 0.05) is 10.9 Å². The molecule has 0 fully saturated rings. The Morgan fingerprint density at radius 3 is 2.55 bits per heavy atom. The number of rotatable bonds is 3.